The van der Waals surface area contributed by atoms with Crippen molar-refractivity contribution in [3.63, 3.8) is 0 Å². The Morgan fingerprint density at radius 2 is 1.59 bits per heavy atom. The normalized spacial score (nSPS) is 12.2. The number of carbonyl (C=O) groups is 1. The number of para-hydroxylation sites is 1. The molecule has 0 aliphatic carbocycles. The lowest BCUT2D eigenvalue weighted by Crippen LogP contribution is -2.14. The minimum absolute atomic E-state index is 0.174. The third-order valence-corrected chi connectivity index (χ3v) is 6.86. The van der Waals surface area contributed by atoms with E-state index in [0.717, 1.165) is 10.2 Å². The summed E-state index contributed by atoms with van der Waals surface area (Å²) < 4.78 is 30.2. The number of carbonyl (C=O) groups excluding carboxylic acids is 1. The highest BCUT2D eigenvalue weighted by Gasteiger charge is 2.14. The van der Waals surface area contributed by atoms with Crippen LogP contribution in [0.3, 0.4) is 0 Å². The van der Waals surface area contributed by atoms with E-state index >= 15 is 0 Å². The van der Waals surface area contributed by atoms with Crippen LogP contribution >= 0.6 is 11.3 Å². The van der Waals surface area contributed by atoms with Crippen LogP contribution in [0.5, 0.6) is 0 Å². The summed E-state index contributed by atoms with van der Waals surface area (Å²) in [5.41, 5.74) is 1.76. The quantitative estimate of drug-likeness (QED) is 0.542. The molecule has 0 saturated heterocycles. The van der Waals surface area contributed by atoms with E-state index in [-0.39, 0.29) is 10.8 Å². The molecule has 1 aromatic heterocycles. The number of thiazole rings is 1. The van der Waals surface area contributed by atoms with Crippen molar-refractivity contribution in [2.24, 2.45) is 12.0 Å². The number of sulfonamides is 1. The van der Waals surface area contributed by atoms with Gasteiger partial charge in [0, 0.05) is 18.3 Å². The number of aromatic nitrogens is 1. The second-order valence-electron chi connectivity index (χ2n) is 6.32. The van der Waals surface area contributed by atoms with Crippen LogP contribution in [0, 0.1) is 0 Å². The first-order valence-electron chi connectivity index (χ1n) is 8.75. The molecule has 0 aliphatic heterocycles. The molecule has 0 atom stereocenters. The Hall–Kier alpha value is -3.23. The maximum absolute atomic E-state index is 12.5. The lowest BCUT2D eigenvalue weighted by atomic mass is 10.2. The molecule has 1 N–H and O–H groups in total. The van der Waals surface area contributed by atoms with Gasteiger partial charge in [0.2, 0.25) is 0 Å². The number of nitrogens with zero attached hydrogens (tertiary/aromatic N) is 2. The van der Waals surface area contributed by atoms with E-state index in [1.54, 1.807) is 42.5 Å². The van der Waals surface area contributed by atoms with Gasteiger partial charge in [0.05, 0.1) is 15.1 Å². The van der Waals surface area contributed by atoms with E-state index in [9.17, 15) is 13.2 Å². The highest BCUT2D eigenvalue weighted by atomic mass is 32.2. The molecule has 8 heteroatoms. The molecule has 146 valence electrons. The zero-order chi connectivity index (χ0) is 20.4. The van der Waals surface area contributed by atoms with Crippen molar-refractivity contribution in [2.75, 3.05) is 4.72 Å². The van der Waals surface area contributed by atoms with Crippen LogP contribution < -0.4 is 9.52 Å². The summed E-state index contributed by atoms with van der Waals surface area (Å²) in [7, 11) is -1.81. The van der Waals surface area contributed by atoms with Gasteiger partial charge in [-0.3, -0.25) is 9.52 Å². The lowest BCUT2D eigenvalue weighted by molar-refractivity contribution is 0.0998. The Labute approximate surface area is 171 Å². The number of nitrogens with one attached hydrogen (secondary N) is 1. The highest BCUT2D eigenvalue weighted by molar-refractivity contribution is 7.92. The van der Waals surface area contributed by atoms with E-state index in [0.29, 0.717) is 16.1 Å². The fourth-order valence-corrected chi connectivity index (χ4v) is 4.93. The van der Waals surface area contributed by atoms with Crippen molar-refractivity contribution in [3.05, 3.63) is 89.2 Å². The lowest BCUT2D eigenvalue weighted by Gasteiger charge is -2.08. The Balaban J connectivity index is 1.57. The maximum atomic E-state index is 12.5. The number of benzene rings is 3. The molecule has 1 amide bonds. The van der Waals surface area contributed by atoms with Gasteiger partial charge in [-0.15, -0.1) is 0 Å². The molecule has 0 radical (unpaired) electrons. The molecule has 0 saturated carbocycles. The molecule has 4 aromatic rings. The minimum atomic E-state index is -3.68. The second kappa shape index (κ2) is 7.65. The van der Waals surface area contributed by atoms with Crippen LogP contribution in [0.15, 0.2) is 88.8 Å². The van der Waals surface area contributed by atoms with Crippen molar-refractivity contribution in [3.8, 4) is 0 Å². The van der Waals surface area contributed by atoms with E-state index < -0.39 is 10.0 Å². The first-order valence-corrected chi connectivity index (χ1v) is 11.1. The van der Waals surface area contributed by atoms with Gasteiger partial charge in [-0.1, -0.05) is 41.7 Å². The third kappa shape index (κ3) is 3.98. The largest absolute Gasteiger partial charge is 0.319 e. The smallest absolute Gasteiger partial charge is 0.279 e. The number of aryl methyl sites for hydroxylation is 1. The number of fused-ring (bicyclic) bond motifs is 1. The van der Waals surface area contributed by atoms with Crippen molar-refractivity contribution in [1.82, 2.24) is 4.57 Å². The fraction of sp³-hybridized carbons (Fsp3) is 0.0476. The molecule has 3 aromatic carbocycles. The minimum Gasteiger partial charge on any atom is -0.319 e. The zero-order valence-electron chi connectivity index (χ0n) is 15.4. The number of rotatable bonds is 4. The van der Waals surface area contributed by atoms with Crippen molar-refractivity contribution in [2.45, 2.75) is 4.90 Å². The van der Waals surface area contributed by atoms with Crippen LogP contribution in [0.1, 0.15) is 10.4 Å². The predicted octanol–water partition coefficient (Wildman–Crippen LogP) is 3.78. The van der Waals surface area contributed by atoms with Crippen molar-refractivity contribution < 1.29 is 13.2 Å². The summed E-state index contributed by atoms with van der Waals surface area (Å²) in [6, 6.07) is 22.2. The number of anilines is 1. The Bertz CT molecular complexity index is 1350. The molecule has 0 bridgehead atoms. The van der Waals surface area contributed by atoms with Gasteiger partial charge in [0.25, 0.3) is 15.9 Å². The van der Waals surface area contributed by atoms with Crippen molar-refractivity contribution >= 4 is 43.2 Å². The first-order chi connectivity index (χ1) is 13.9. The molecule has 29 heavy (non-hydrogen) atoms. The molecule has 6 nitrogen and oxygen atoms in total. The van der Waals surface area contributed by atoms with Gasteiger partial charge in [-0.25, -0.2) is 8.42 Å². The molecule has 0 fully saturated rings. The van der Waals surface area contributed by atoms with Gasteiger partial charge in [-0.05, 0) is 48.5 Å². The Kier molecular flexibility index (Phi) is 5.04. The van der Waals surface area contributed by atoms with Crippen LogP contribution in [0.4, 0.5) is 5.69 Å². The summed E-state index contributed by atoms with van der Waals surface area (Å²) in [5.74, 6) is -0.385. The van der Waals surface area contributed by atoms with Crippen LogP contribution in [0.25, 0.3) is 10.2 Å². The monoisotopic (exact) mass is 423 g/mol. The first kappa shape index (κ1) is 19.1. The van der Waals surface area contributed by atoms with Gasteiger partial charge in [0.15, 0.2) is 4.80 Å². The topological polar surface area (TPSA) is 80.5 Å². The molecule has 0 aliphatic rings. The fourth-order valence-electron chi connectivity index (χ4n) is 2.83. The summed E-state index contributed by atoms with van der Waals surface area (Å²) in [6.45, 7) is 0. The maximum Gasteiger partial charge on any atom is 0.279 e. The Morgan fingerprint density at radius 1 is 0.931 bits per heavy atom. The number of amides is 1. The molecule has 4 rings (SSSR count). The third-order valence-electron chi connectivity index (χ3n) is 4.35. The molecule has 0 unspecified atom stereocenters. The van der Waals surface area contributed by atoms with Crippen LogP contribution in [-0.2, 0) is 17.1 Å². The molecule has 1 heterocycles. The standard InChI is InChI=1S/C21H17N3O3S2/c1-24-18-9-5-6-10-19(18)28-21(24)22-20(25)15-11-13-16(14-12-15)23-29(26,27)17-7-3-2-4-8-17/h2-14,23H,1H3. The Morgan fingerprint density at radius 3 is 2.28 bits per heavy atom. The van der Waals surface area contributed by atoms with Gasteiger partial charge in [-0.2, -0.15) is 4.99 Å². The molecular weight excluding hydrogens is 406 g/mol. The van der Waals surface area contributed by atoms with E-state index in [2.05, 4.69) is 9.71 Å². The number of hydrogen-bond donors (Lipinski definition) is 1. The number of hydrogen-bond acceptors (Lipinski definition) is 4. The zero-order valence-corrected chi connectivity index (χ0v) is 17.1. The second-order valence-corrected chi connectivity index (χ2v) is 9.02. The summed E-state index contributed by atoms with van der Waals surface area (Å²) in [5, 5.41) is 0. The van der Waals surface area contributed by atoms with Crippen LogP contribution in [-0.4, -0.2) is 18.9 Å². The van der Waals surface area contributed by atoms with E-state index in [4.69, 9.17) is 0 Å². The van der Waals surface area contributed by atoms with Gasteiger partial charge in [0.1, 0.15) is 0 Å². The van der Waals surface area contributed by atoms with E-state index in [1.807, 2.05) is 35.9 Å². The molecular formula is C21H17N3O3S2. The molecule has 0 spiro atoms. The average Bonchev–Trinajstić information content (AvgIpc) is 3.04. The van der Waals surface area contributed by atoms with Gasteiger partial charge >= 0.3 is 0 Å². The summed E-state index contributed by atoms with van der Waals surface area (Å²) in [6.07, 6.45) is 0. The average molecular weight is 424 g/mol. The van der Waals surface area contributed by atoms with E-state index in [1.165, 1.54) is 23.5 Å². The van der Waals surface area contributed by atoms with Gasteiger partial charge < -0.3 is 4.57 Å². The van der Waals surface area contributed by atoms with Crippen molar-refractivity contribution in [1.29, 1.82) is 0 Å². The predicted molar refractivity (Wildman–Crippen MR) is 114 cm³/mol. The van der Waals surface area contributed by atoms with Crippen LogP contribution in [0.2, 0.25) is 0 Å². The highest BCUT2D eigenvalue weighted by Crippen LogP contribution is 2.18. The summed E-state index contributed by atoms with van der Waals surface area (Å²) >= 11 is 1.44. The SMILES string of the molecule is Cn1c(=NC(=O)c2ccc(NS(=O)(=O)c3ccccc3)cc2)sc2ccccc21. The summed E-state index contributed by atoms with van der Waals surface area (Å²) in [4.78, 5) is 17.5.